The molecule has 3 aromatic rings. The number of H-pyrrole nitrogens is 1. The number of nitrogens with zero attached hydrogens (tertiary/aromatic N) is 2. The molecule has 1 N–H and O–H groups in total. The molecule has 1 aliphatic carbocycles. The van der Waals surface area contributed by atoms with E-state index >= 15 is 0 Å². The molecule has 1 aliphatic heterocycles. The first-order valence-electron chi connectivity index (χ1n) is 11.0. The van der Waals surface area contributed by atoms with Crippen LogP contribution in [0.2, 0.25) is 10.0 Å². The van der Waals surface area contributed by atoms with Gasteiger partial charge in [-0.15, -0.1) is 0 Å². The van der Waals surface area contributed by atoms with Crippen LogP contribution >= 0.6 is 23.2 Å². The van der Waals surface area contributed by atoms with Crippen molar-refractivity contribution in [2.24, 2.45) is 5.92 Å². The number of rotatable bonds is 6. The molecule has 1 unspecified atom stereocenters. The van der Waals surface area contributed by atoms with E-state index in [2.05, 4.69) is 10.2 Å². The summed E-state index contributed by atoms with van der Waals surface area (Å²) in [5, 5.41) is 8.32. The van der Waals surface area contributed by atoms with E-state index in [-0.39, 0.29) is 17.9 Å². The zero-order valence-corrected chi connectivity index (χ0v) is 19.2. The van der Waals surface area contributed by atoms with Crippen LogP contribution in [-0.2, 0) is 30.7 Å². The van der Waals surface area contributed by atoms with Crippen molar-refractivity contribution in [3.05, 3.63) is 81.1 Å². The summed E-state index contributed by atoms with van der Waals surface area (Å²) in [5.41, 5.74) is 4.33. The number of fused-ring (bicyclic) bond motifs is 1. The van der Waals surface area contributed by atoms with Gasteiger partial charge in [0.25, 0.3) is 0 Å². The molecule has 5 nitrogen and oxygen atoms in total. The number of carbonyl (C=O) groups is 1. The zero-order chi connectivity index (χ0) is 22.1. The summed E-state index contributed by atoms with van der Waals surface area (Å²) in [6.45, 7) is 1.23. The van der Waals surface area contributed by atoms with Crippen molar-refractivity contribution in [1.29, 1.82) is 0 Å². The predicted octanol–water partition coefficient (Wildman–Crippen LogP) is 5.24. The number of hydrogen-bond donors (Lipinski definition) is 1. The van der Waals surface area contributed by atoms with Crippen LogP contribution in [0.25, 0.3) is 0 Å². The van der Waals surface area contributed by atoms with Gasteiger partial charge < -0.3 is 9.64 Å². The average Bonchev–Trinajstić information content (AvgIpc) is 3.41. The second kappa shape index (κ2) is 9.16. The predicted molar refractivity (Wildman–Crippen MR) is 125 cm³/mol. The van der Waals surface area contributed by atoms with Crippen LogP contribution < -0.4 is 4.74 Å². The molecule has 2 aromatic carbocycles. The van der Waals surface area contributed by atoms with Crippen molar-refractivity contribution < 1.29 is 9.53 Å². The number of aromatic amines is 1. The number of halogens is 2. The summed E-state index contributed by atoms with van der Waals surface area (Å²) in [6.07, 6.45) is 6.07. The first kappa shape index (κ1) is 21.4. The minimum absolute atomic E-state index is 0.0933. The number of carbonyl (C=O) groups excluding carboxylic acids is 1. The first-order chi connectivity index (χ1) is 15.6. The van der Waals surface area contributed by atoms with E-state index < -0.39 is 0 Å². The Morgan fingerprint density at radius 1 is 1.12 bits per heavy atom. The van der Waals surface area contributed by atoms with Crippen molar-refractivity contribution >= 4 is 29.1 Å². The minimum Gasteiger partial charge on any atom is -0.489 e. The molecule has 2 aliphatic rings. The van der Waals surface area contributed by atoms with Gasteiger partial charge in [-0.2, -0.15) is 5.10 Å². The van der Waals surface area contributed by atoms with Crippen molar-refractivity contribution in [3.8, 4) is 5.75 Å². The summed E-state index contributed by atoms with van der Waals surface area (Å²) in [6, 6.07) is 13.8. The van der Waals surface area contributed by atoms with E-state index in [4.69, 9.17) is 27.9 Å². The molecule has 1 saturated heterocycles. The van der Waals surface area contributed by atoms with Crippen LogP contribution in [0.3, 0.4) is 0 Å². The number of ether oxygens (including phenoxy) is 1. The van der Waals surface area contributed by atoms with Gasteiger partial charge in [0.15, 0.2) is 0 Å². The number of aryl methyl sites for hydroxylation is 1. The van der Waals surface area contributed by atoms with Crippen molar-refractivity contribution in [2.45, 2.75) is 44.8 Å². The third-order valence-corrected chi connectivity index (χ3v) is 7.27. The van der Waals surface area contributed by atoms with E-state index in [1.165, 1.54) is 5.56 Å². The van der Waals surface area contributed by atoms with E-state index in [1.807, 2.05) is 41.4 Å². The second-order valence-corrected chi connectivity index (χ2v) is 9.45. The molecule has 166 valence electrons. The number of amides is 1. The van der Waals surface area contributed by atoms with Gasteiger partial charge in [-0.3, -0.25) is 9.89 Å². The fourth-order valence-corrected chi connectivity index (χ4v) is 5.44. The van der Waals surface area contributed by atoms with Crippen LogP contribution in [0.1, 0.15) is 35.2 Å². The lowest BCUT2D eigenvalue weighted by Crippen LogP contribution is -2.41. The van der Waals surface area contributed by atoms with Gasteiger partial charge in [0.2, 0.25) is 5.91 Å². The molecule has 7 heteroatoms. The van der Waals surface area contributed by atoms with Gasteiger partial charge >= 0.3 is 0 Å². The lowest BCUT2D eigenvalue weighted by Gasteiger charge is -2.31. The highest BCUT2D eigenvalue weighted by atomic mass is 35.5. The molecule has 2 heterocycles. The Morgan fingerprint density at radius 2 is 1.91 bits per heavy atom. The number of benzene rings is 2. The number of nitrogens with one attached hydrogen (secondary N) is 1. The fraction of sp³-hybridized carbons (Fsp3) is 0.360. The van der Waals surface area contributed by atoms with Gasteiger partial charge in [-0.1, -0.05) is 53.5 Å². The molecule has 5 rings (SSSR count). The molecule has 2 atom stereocenters. The summed E-state index contributed by atoms with van der Waals surface area (Å²) in [4.78, 5) is 15.2. The van der Waals surface area contributed by atoms with E-state index in [0.717, 1.165) is 49.0 Å². The number of aromatic nitrogens is 2. The molecule has 1 aromatic heterocycles. The summed E-state index contributed by atoms with van der Waals surface area (Å²) < 4.78 is 5.87. The molecule has 32 heavy (non-hydrogen) atoms. The Labute approximate surface area is 197 Å². The lowest BCUT2D eigenvalue weighted by atomic mass is 9.92. The topological polar surface area (TPSA) is 58.2 Å². The van der Waals surface area contributed by atoms with E-state index in [9.17, 15) is 4.79 Å². The summed E-state index contributed by atoms with van der Waals surface area (Å²) in [7, 11) is 0. The van der Waals surface area contributed by atoms with Crippen molar-refractivity contribution in [2.75, 3.05) is 6.54 Å². The Hall–Kier alpha value is -2.50. The van der Waals surface area contributed by atoms with Crippen molar-refractivity contribution in [3.63, 3.8) is 0 Å². The fourth-order valence-electron chi connectivity index (χ4n) is 4.82. The zero-order valence-electron chi connectivity index (χ0n) is 17.7. The molecule has 1 amide bonds. The average molecular weight is 470 g/mol. The van der Waals surface area contributed by atoms with Crippen LogP contribution in [0.5, 0.6) is 5.75 Å². The Bertz CT molecular complexity index is 1090. The second-order valence-electron chi connectivity index (χ2n) is 8.63. The maximum absolute atomic E-state index is 13.2. The summed E-state index contributed by atoms with van der Waals surface area (Å²) in [5.74, 6) is 0.739. The summed E-state index contributed by atoms with van der Waals surface area (Å²) >= 11 is 13.1. The van der Waals surface area contributed by atoms with Crippen LogP contribution in [-0.4, -0.2) is 33.6 Å². The standard InChI is InChI=1S/C25H25Cl2N3O2/c26-22-12-20(32-15-16-4-2-1-3-5-16)13-23(27)21(22)10-17-8-9-30(25(17)31)19-7-6-18-14-28-29-24(18)11-19/h1-5,12-14,17,19H,6-11,15H2,(H,28,29)/t17-,19?/m0/s1. The van der Waals surface area contributed by atoms with E-state index in [1.54, 1.807) is 12.1 Å². The maximum atomic E-state index is 13.2. The Morgan fingerprint density at radius 3 is 2.69 bits per heavy atom. The highest BCUT2D eigenvalue weighted by molar-refractivity contribution is 6.36. The molecule has 0 spiro atoms. The lowest BCUT2D eigenvalue weighted by molar-refractivity contribution is -0.133. The normalized spacial score (nSPS) is 20.4. The third kappa shape index (κ3) is 4.37. The van der Waals surface area contributed by atoms with Gasteiger partial charge in [-0.25, -0.2) is 0 Å². The van der Waals surface area contributed by atoms with Gasteiger partial charge in [0.05, 0.1) is 6.20 Å². The highest BCUT2D eigenvalue weighted by Gasteiger charge is 2.38. The van der Waals surface area contributed by atoms with E-state index in [0.29, 0.717) is 28.8 Å². The monoisotopic (exact) mass is 469 g/mol. The van der Waals surface area contributed by atoms with Crippen molar-refractivity contribution in [1.82, 2.24) is 15.1 Å². The molecule has 0 radical (unpaired) electrons. The molecular weight excluding hydrogens is 445 g/mol. The minimum atomic E-state index is -0.0933. The molecular formula is C25H25Cl2N3O2. The van der Waals surface area contributed by atoms with Crippen LogP contribution in [0.15, 0.2) is 48.7 Å². The maximum Gasteiger partial charge on any atom is 0.226 e. The molecule has 1 fully saturated rings. The first-order valence-corrected chi connectivity index (χ1v) is 11.8. The Balaban J connectivity index is 1.23. The smallest absolute Gasteiger partial charge is 0.226 e. The number of likely N-dealkylation sites (tertiary alicyclic amines) is 1. The molecule has 0 saturated carbocycles. The van der Waals surface area contributed by atoms with Gasteiger partial charge in [0, 0.05) is 40.7 Å². The van der Waals surface area contributed by atoms with Gasteiger partial charge in [-0.05, 0) is 54.5 Å². The Kier molecular flexibility index (Phi) is 6.11. The quantitative estimate of drug-likeness (QED) is 0.536. The highest BCUT2D eigenvalue weighted by Crippen LogP contribution is 2.36. The van der Waals surface area contributed by atoms with Gasteiger partial charge in [0.1, 0.15) is 12.4 Å². The molecule has 0 bridgehead atoms. The number of hydrogen-bond acceptors (Lipinski definition) is 3. The van der Waals surface area contributed by atoms with Crippen LogP contribution in [0, 0.1) is 5.92 Å². The third-order valence-electron chi connectivity index (χ3n) is 6.60. The largest absolute Gasteiger partial charge is 0.489 e. The SMILES string of the molecule is O=C1[C@H](Cc2c(Cl)cc(OCc3ccccc3)cc2Cl)CCN1C1CCc2cn[nH]c2C1. The van der Waals surface area contributed by atoms with Crippen LogP contribution in [0.4, 0.5) is 0 Å².